The van der Waals surface area contributed by atoms with E-state index in [0.717, 1.165) is 27.8 Å². The van der Waals surface area contributed by atoms with Gasteiger partial charge in [0.2, 0.25) is 5.95 Å². The first-order chi connectivity index (χ1) is 13.1. The van der Waals surface area contributed by atoms with E-state index in [1.807, 2.05) is 49.4 Å². The molecule has 0 amide bonds. The fourth-order valence-corrected chi connectivity index (χ4v) is 2.66. The van der Waals surface area contributed by atoms with Crippen molar-refractivity contribution in [3.05, 3.63) is 64.8 Å². The third-order valence-electron chi connectivity index (χ3n) is 3.90. The Morgan fingerprint density at radius 3 is 2.44 bits per heavy atom. The molecule has 1 heterocycles. The van der Waals surface area contributed by atoms with Crippen LogP contribution >= 0.6 is 11.6 Å². The van der Waals surface area contributed by atoms with Crippen molar-refractivity contribution in [1.29, 1.82) is 0 Å². The molecule has 2 aromatic carbocycles. The van der Waals surface area contributed by atoms with E-state index in [9.17, 15) is 0 Å². The van der Waals surface area contributed by atoms with Crippen molar-refractivity contribution in [3.8, 4) is 11.5 Å². The molecule has 140 valence electrons. The van der Waals surface area contributed by atoms with Crippen molar-refractivity contribution in [2.45, 2.75) is 13.5 Å². The summed E-state index contributed by atoms with van der Waals surface area (Å²) in [6, 6.07) is 15.1. The molecule has 0 atom stereocenters. The molecular formula is C20H21ClN4O2. The lowest BCUT2D eigenvalue weighted by Gasteiger charge is -2.13. The molecule has 3 rings (SSSR count). The molecule has 6 nitrogen and oxygen atoms in total. The molecule has 0 bridgehead atoms. The van der Waals surface area contributed by atoms with Crippen molar-refractivity contribution >= 4 is 29.1 Å². The summed E-state index contributed by atoms with van der Waals surface area (Å²) in [6.07, 6.45) is 0. The molecule has 1 aromatic heterocycles. The van der Waals surface area contributed by atoms with Gasteiger partial charge in [0, 0.05) is 29.4 Å². The van der Waals surface area contributed by atoms with E-state index in [1.165, 1.54) is 0 Å². The number of rotatable bonds is 7. The second kappa shape index (κ2) is 8.60. The fourth-order valence-electron chi connectivity index (χ4n) is 2.53. The number of ether oxygens (including phenoxy) is 2. The van der Waals surface area contributed by atoms with Gasteiger partial charge in [0.15, 0.2) is 0 Å². The highest BCUT2D eigenvalue weighted by Gasteiger charge is 2.08. The summed E-state index contributed by atoms with van der Waals surface area (Å²) >= 11 is 5.92. The fraction of sp³-hybridized carbons (Fsp3) is 0.200. The van der Waals surface area contributed by atoms with Gasteiger partial charge in [-0.05, 0) is 36.8 Å². The van der Waals surface area contributed by atoms with Gasteiger partial charge in [-0.3, -0.25) is 0 Å². The number of hydrogen-bond acceptors (Lipinski definition) is 6. The maximum Gasteiger partial charge on any atom is 0.229 e. The second-order valence-electron chi connectivity index (χ2n) is 5.89. The van der Waals surface area contributed by atoms with Crippen LogP contribution in [-0.4, -0.2) is 24.2 Å². The standard InChI is InChI=1S/C20H21ClN4O2/c1-13-10-19(22-12-14-4-6-15(21)7-5-14)25-20(23-13)24-17-9-8-16(26-2)11-18(17)27-3/h4-11H,12H2,1-3H3,(H2,22,23,24,25). The maximum atomic E-state index is 5.92. The molecule has 0 aliphatic carbocycles. The van der Waals surface area contributed by atoms with Crippen molar-refractivity contribution in [2.75, 3.05) is 24.9 Å². The summed E-state index contributed by atoms with van der Waals surface area (Å²) in [4.78, 5) is 8.98. The first-order valence-corrected chi connectivity index (χ1v) is 8.78. The highest BCUT2D eigenvalue weighted by atomic mass is 35.5. The predicted molar refractivity (Wildman–Crippen MR) is 108 cm³/mol. The largest absolute Gasteiger partial charge is 0.497 e. The monoisotopic (exact) mass is 384 g/mol. The SMILES string of the molecule is COc1ccc(Nc2nc(C)cc(NCc3ccc(Cl)cc3)n2)c(OC)c1. The number of hydrogen-bond donors (Lipinski definition) is 2. The molecule has 0 aliphatic heterocycles. The van der Waals surface area contributed by atoms with Gasteiger partial charge in [-0.1, -0.05) is 23.7 Å². The van der Waals surface area contributed by atoms with E-state index in [0.29, 0.717) is 24.0 Å². The van der Waals surface area contributed by atoms with Gasteiger partial charge < -0.3 is 20.1 Å². The first-order valence-electron chi connectivity index (χ1n) is 8.40. The highest BCUT2D eigenvalue weighted by molar-refractivity contribution is 6.30. The van der Waals surface area contributed by atoms with Crippen molar-refractivity contribution < 1.29 is 9.47 Å². The maximum absolute atomic E-state index is 5.92. The van der Waals surface area contributed by atoms with Gasteiger partial charge in [-0.2, -0.15) is 4.98 Å². The second-order valence-corrected chi connectivity index (χ2v) is 6.33. The molecule has 0 unspecified atom stereocenters. The zero-order valence-electron chi connectivity index (χ0n) is 15.4. The number of benzene rings is 2. The van der Waals surface area contributed by atoms with E-state index in [-0.39, 0.29) is 0 Å². The van der Waals surface area contributed by atoms with Crippen LogP contribution in [0.4, 0.5) is 17.5 Å². The molecule has 0 radical (unpaired) electrons. The lowest BCUT2D eigenvalue weighted by molar-refractivity contribution is 0.395. The molecule has 7 heteroatoms. The number of nitrogens with one attached hydrogen (secondary N) is 2. The van der Waals surface area contributed by atoms with Crippen LogP contribution in [0.25, 0.3) is 0 Å². The van der Waals surface area contributed by atoms with Crippen LogP contribution < -0.4 is 20.1 Å². The molecule has 2 N–H and O–H groups in total. The van der Waals surface area contributed by atoms with E-state index in [2.05, 4.69) is 20.6 Å². The average Bonchev–Trinajstić information content (AvgIpc) is 2.67. The number of methoxy groups -OCH3 is 2. The van der Waals surface area contributed by atoms with Crippen molar-refractivity contribution in [3.63, 3.8) is 0 Å². The molecule has 27 heavy (non-hydrogen) atoms. The number of aromatic nitrogens is 2. The minimum absolute atomic E-state index is 0.483. The summed E-state index contributed by atoms with van der Waals surface area (Å²) < 4.78 is 10.6. The van der Waals surface area contributed by atoms with Crippen LogP contribution in [0.1, 0.15) is 11.3 Å². The number of nitrogens with zero attached hydrogens (tertiary/aromatic N) is 2. The Morgan fingerprint density at radius 2 is 1.74 bits per heavy atom. The van der Waals surface area contributed by atoms with Crippen LogP contribution in [0, 0.1) is 6.92 Å². The van der Waals surface area contributed by atoms with Gasteiger partial charge in [0.1, 0.15) is 17.3 Å². The zero-order valence-corrected chi connectivity index (χ0v) is 16.2. The minimum atomic E-state index is 0.483. The minimum Gasteiger partial charge on any atom is -0.497 e. The zero-order chi connectivity index (χ0) is 19.2. The van der Waals surface area contributed by atoms with Gasteiger partial charge in [0.25, 0.3) is 0 Å². The summed E-state index contributed by atoms with van der Waals surface area (Å²) in [6.45, 7) is 2.56. The molecule has 0 spiro atoms. The molecule has 0 fully saturated rings. The number of halogens is 1. The Bertz CT molecular complexity index is 916. The van der Waals surface area contributed by atoms with Gasteiger partial charge in [0.05, 0.1) is 19.9 Å². The summed E-state index contributed by atoms with van der Waals surface area (Å²) in [5.74, 6) is 2.58. The van der Waals surface area contributed by atoms with Crippen LogP contribution in [-0.2, 0) is 6.54 Å². The smallest absolute Gasteiger partial charge is 0.229 e. The summed E-state index contributed by atoms with van der Waals surface area (Å²) in [5, 5.41) is 7.23. The number of aryl methyl sites for hydroxylation is 1. The van der Waals surface area contributed by atoms with E-state index >= 15 is 0 Å². The van der Waals surface area contributed by atoms with Gasteiger partial charge in [-0.15, -0.1) is 0 Å². The van der Waals surface area contributed by atoms with Crippen LogP contribution in [0.5, 0.6) is 11.5 Å². The lowest BCUT2D eigenvalue weighted by Crippen LogP contribution is -2.06. The quantitative estimate of drug-likeness (QED) is 0.609. The topological polar surface area (TPSA) is 68.3 Å². The molecule has 0 saturated heterocycles. The van der Waals surface area contributed by atoms with Crippen LogP contribution in [0.2, 0.25) is 5.02 Å². The molecular weight excluding hydrogens is 364 g/mol. The van der Waals surface area contributed by atoms with E-state index in [1.54, 1.807) is 20.3 Å². The Balaban J connectivity index is 1.76. The normalized spacial score (nSPS) is 10.4. The van der Waals surface area contributed by atoms with E-state index in [4.69, 9.17) is 21.1 Å². The van der Waals surface area contributed by atoms with Crippen LogP contribution in [0.3, 0.4) is 0 Å². The highest BCUT2D eigenvalue weighted by Crippen LogP contribution is 2.31. The molecule has 3 aromatic rings. The molecule has 0 saturated carbocycles. The summed E-state index contributed by atoms with van der Waals surface area (Å²) in [7, 11) is 3.22. The van der Waals surface area contributed by atoms with E-state index < -0.39 is 0 Å². The summed E-state index contributed by atoms with van der Waals surface area (Å²) in [5.41, 5.74) is 2.72. The van der Waals surface area contributed by atoms with Crippen molar-refractivity contribution in [1.82, 2.24) is 9.97 Å². The Kier molecular flexibility index (Phi) is 5.98. The third kappa shape index (κ3) is 5.01. The van der Waals surface area contributed by atoms with Gasteiger partial charge in [-0.25, -0.2) is 4.98 Å². The third-order valence-corrected chi connectivity index (χ3v) is 4.15. The van der Waals surface area contributed by atoms with Gasteiger partial charge >= 0.3 is 0 Å². The lowest BCUT2D eigenvalue weighted by atomic mass is 10.2. The Morgan fingerprint density at radius 1 is 0.963 bits per heavy atom. The Hall–Kier alpha value is -2.99. The predicted octanol–water partition coefficient (Wildman–Crippen LogP) is 4.81. The number of anilines is 3. The first kappa shape index (κ1) is 18.8. The average molecular weight is 385 g/mol. The van der Waals surface area contributed by atoms with Crippen molar-refractivity contribution in [2.24, 2.45) is 0 Å². The molecule has 0 aliphatic rings. The Labute approximate surface area is 163 Å². The van der Waals surface area contributed by atoms with Crippen LogP contribution in [0.15, 0.2) is 48.5 Å².